The second-order valence-corrected chi connectivity index (χ2v) is 6.34. The van der Waals surface area contributed by atoms with Crippen LogP contribution in [0.2, 0.25) is 0 Å². The maximum absolute atomic E-state index is 12.4. The van der Waals surface area contributed by atoms with Crippen LogP contribution in [-0.2, 0) is 10.2 Å². The van der Waals surface area contributed by atoms with Crippen molar-refractivity contribution in [3.8, 4) is 0 Å². The van der Waals surface area contributed by atoms with E-state index in [1.54, 1.807) is 0 Å². The van der Waals surface area contributed by atoms with Gasteiger partial charge in [0.15, 0.2) is 0 Å². The molecule has 0 fully saturated rings. The molecule has 5 nitrogen and oxygen atoms in total. The van der Waals surface area contributed by atoms with Crippen molar-refractivity contribution in [3.63, 3.8) is 0 Å². The molecule has 0 unspecified atom stereocenters. The molecular formula is C10H18F3N3O2S. The fourth-order valence-corrected chi connectivity index (χ4v) is 3.08. The van der Waals surface area contributed by atoms with Crippen LogP contribution in [0.25, 0.3) is 0 Å². The molecule has 0 aromatic heterocycles. The zero-order valence-corrected chi connectivity index (χ0v) is 11.5. The maximum atomic E-state index is 12.4. The summed E-state index contributed by atoms with van der Waals surface area (Å²) in [5.74, 6) is 0. The van der Waals surface area contributed by atoms with E-state index in [1.807, 2.05) is 0 Å². The van der Waals surface area contributed by atoms with Gasteiger partial charge < -0.3 is 5.73 Å². The van der Waals surface area contributed by atoms with E-state index in [9.17, 15) is 21.6 Å². The van der Waals surface area contributed by atoms with Gasteiger partial charge in [-0.05, 0) is 19.4 Å². The van der Waals surface area contributed by atoms with Crippen LogP contribution in [0.3, 0.4) is 0 Å². The summed E-state index contributed by atoms with van der Waals surface area (Å²) in [5.41, 5.74) is 4.63. The summed E-state index contributed by atoms with van der Waals surface area (Å²) >= 11 is 0. The summed E-state index contributed by atoms with van der Waals surface area (Å²) < 4.78 is 63.5. The lowest BCUT2D eigenvalue weighted by Crippen LogP contribution is -2.45. The van der Waals surface area contributed by atoms with Crippen molar-refractivity contribution in [1.82, 2.24) is 8.61 Å². The molecule has 0 bridgehead atoms. The van der Waals surface area contributed by atoms with E-state index >= 15 is 0 Å². The van der Waals surface area contributed by atoms with Gasteiger partial charge in [0.25, 0.3) is 10.2 Å². The Balaban J connectivity index is 2.71. The highest BCUT2D eigenvalue weighted by Gasteiger charge is 2.37. The Morgan fingerprint density at radius 3 is 2.53 bits per heavy atom. The third-order valence-corrected chi connectivity index (χ3v) is 4.89. The highest BCUT2D eigenvalue weighted by molar-refractivity contribution is 7.86. The quantitative estimate of drug-likeness (QED) is 0.760. The van der Waals surface area contributed by atoms with Crippen LogP contribution < -0.4 is 5.73 Å². The van der Waals surface area contributed by atoms with Gasteiger partial charge in [-0.15, -0.1) is 0 Å². The monoisotopic (exact) mass is 301 g/mol. The number of hydrogen-bond donors (Lipinski definition) is 1. The molecule has 0 aromatic rings. The van der Waals surface area contributed by atoms with E-state index in [1.165, 1.54) is 7.05 Å². The Morgan fingerprint density at radius 1 is 1.47 bits per heavy atom. The van der Waals surface area contributed by atoms with Crippen molar-refractivity contribution in [2.24, 2.45) is 5.73 Å². The number of nitrogens with zero attached hydrogens (tertiary/aromatic N) is 2. The van der Waals surface area contributed by atoms with Gasteiger partial charge in [0.2, 0.25) is 0 Å². The standard InChI is InChI=1S/C10H18F3N3O2S/c1-15(6-2-5-14)19(17,18)16-7-3-9(4-8-16)10(11,12)13/h3H,2,4-8,14H2,1H3. The first-order valence-corrected chi connectivity index (χ1v) is 7.27. The van der Waals surface area contributed by atoms with Crippen LogP contribution in [0.1, 0.15) is 12.8 Å². The first kappa shape index (κ1) is 16.4. The van der Waals surface area contributed by atoms with Crippen LogP contribution >= 0.6 is 0 Å². The second kappa shape index (κ2) is 6.21. The topological polar surface area (TPSA) is 66.6 Å². The minimum atomic E-state index is -4.37. The zero-order chi connectivity index (χ0) is 14.7. The minimum absolute atomic E-state index is 0.152. The molecule has 1 heterocycles. The molecule has 0 saturated heterocycles. The average molecular weight is 301 g/mol. The normalized spacial score (nSPS) is 18.7. The van der Waals surface area contributed by atoms with E-state index in [0.717, 1.165) is 14.7 Å². The van der Waals surface area contributed by atoms with E-state index in [0.29, 0.717) is 13.0 Å². The summed E-state index contributed by atoms with van der Waals surface area (Å²) in [7, 11) is -2.31. The molecule has 112 valence electrons. The van der Waals surface area contributed by atoms with Crippen molar-refractivity contribution in [3.05, 3.63) is 11.6 Å². The van der Waals surface area contributed by atoms with Crippen molar-refractivity contribution < 1.29 is 21.6 Å². The molecule has 9 heteroatoms. The Morgan fingerprint density at radius 2 is 2.11 bits per heavy atom. The third kappa shape index (κ3) is 4.16. The Kier molecular flexibility index (Phi) is 5.36. The Bertz CT molecular complexity index is 434. The van der Waals surface area contributed by atoms with Gasteiger partial charge in [0.05, 0.1) is 0 Å². The van der Waals surface area contributed by atoms with Crippen LogP contribution in [0.5, 0.6) is 0 Å². The first-order chi connectivity index (χ1) is 8.69. The highest BCUT2D eigenvalue weighted by Crippen LogP contribution is 2.30. The number of rotatable bonds is 5. The van der Waals surface area contributed by atoms with Crippen molar-refractivity contribution in [1.29, 1.82) is 0 Å². The average Bonchev–Trinajstić information content (AvgIpc) is 2.35. The lowest BCUT2D eigenvalue weighted by atomic mass is 10.1. The first-order valence-electron chi connectivity index (χ1n) is 5.87. The molecule has 0 spiro atoms. The summed E-state index contributed by atoms with van der Waals surface area (Å²) in [6.45, 7) is 0.216. The fraction of sp³-hybridized carbons (Fsp3) is 0.800. The lowest BCUT2D eigenvalue weighted by Gasteiger charge is -2.30. The van der Waals surface area contributed by atoms with E-state index < -0.39 is 22.0 Å². The van der Waals surface area contributed by atoms with Crippen LogP contribution in [-0.4, -0.2) is 56.4 Å². The molecule has 0 amide bonds. The van der Waals surface area contributed by atoms with Gasteiger partial charge in [-0.1, -0.05) is 6.08 Å². The number of halogens is 3. The molecule has 1 rings (SSSR count). The second-order valence-electron chi connectivity index (χ2n) is 4.31. The lowest BCUT2D eigenvalue weighted by molar-refractivity contribution is -0.0953. The molecule has 0 atom stereocenters. The Hall–Kier alpha value is -0.640. The van der Waals surface area contributed by atoms with Crippen LogP contribution in [0.15, 0.2) is 11.6 Å². The van der Waals surface area contributed by atoms with Gasteiger partial charge in [-0.25, -0.2) is 0 Å². The van der Waals surface area contributed by atoms with Gasteiger partial charge in [-0.2, -0.15) is 30.2 Å². The van der Waals surface area contributed by atoms with E-state index in [4.69, 9.17) is 5.73 Å². The van der Waals surface area contributed by atoms with E-state index in [-0.39, 0.29) is 26.1 Å². The maximum Gasteiger partial charge on any atom is 0.412 e. The highest BCUT2D eigenvalue weighted by atomic mass is 32.2. The van der Waals surface area contributed by atoms with Crippen LogP contribution in [0, 0.1) is 0 Å². The molecule has 0 aromatic carbocycles. The van der Waals surface area contributed by atoms with Crippen LogP contribution in [0.4, 0.5) is 13.2 Å². The summed E-state index contributed by atoms with van der Waals surface area (Å²) in [5, 5.41) is 0. The molecule has 0 radical (unpaired) electrons. The molecule has 1 aliphatic heterocycles. The number of nitrogens with two attached hydrogens (primary N) is 1. The fourth-order valence-electron chi connectivity index (χ4n) is 1.74. The van der Waals surface area contributed by atoms with Gasteiger partial charge in [-0.3, -0.25) is 0 Å². The van der Waals surface area contributed by atoms with Crippen molar-refractivity contribution >= 4 is 10.2 Å². The third-order valence-electron chi connectivity index (χ3n) is 2.93. The van der Waals surface area contributed by atoms with E-state index in [2.05, 4.69) is 0 Å². The molecule has 2 N–H and O–H groups in total. The minimum Gasteiger partial charge on any atom is -0.330 e. The summed E-state index contributed by atoms with van der Waals surface area (Å²) in [6, 6.07) is 0. The molecule has 19 heavy (non-hydrogen) atoms. The van der Waals surface area contributed by atoms with Gasteiger partial charge in [0, 0.05) is 32.3 Å². The SMILES string of the molecule is CN(CCCN)S(=O)(=O)N1CC=C(C(F)(F)F)CC1. The van der Waals surface area contributed by atoms with Gasteiger partial charge >= 0.3 is 6.18 Å². The molecular weight excluding hydrogens is 283 g/mol. The van der Waals surface area contributed by atoms with Crippen molar-refractivity contribution in [2.45, 2.75) is 19.0 Å². The smallest absolute Gasteiger partial charge is 0.330 e. The Labute approximate surface area is 111 Å². The molecule has 0 saturated carbocycles. The van der Waals surface area contributed by atoms with Gasteiger partial charge in [0.1, 0.15) is 0 Å². The molecule has 1 aliphatic rings. The molecule has 0 aliphatic carbocycles. The number of alkyl halides is 3. The van der Waals surface area contributed by atoms with Crippen molar-refractivity contribution in [2.75, 3.05) is 33.2 Å². The number of hydrogen-bond acceptors (Lipinski definition) is 3. The summed E-state index contributed by atoms with van der Waals surface area (Å²) in [6.07, 6.45) is -3.25. The zero-order valence-electron chi connectivity index (χ0n) is 10.7. The largest absolute Gasteiger partial charge is 0.412 e. The summed E-state index contributed by atoms with van der Waals surface area (Å²) in [4.78, 5) is 0. The predicted octanol–water partition coefficient (Wildman–Crippen LogP) is 0.706. The predicted molar refractivity (Wildman–Crippen MR) is 65.5 cm³/mol.